The van der Waals surface area contributed by atoms with Crippen molar-refractivity contribution in [2.24, 2.45) is 0 Å². The number of carbonyl (C=O) groups excluding carboxylic acids is 2. The maximum absolute atomic E-state index is 12.6. The van der Waals surface area contributed by atoms with Crippen LogP contribution >= 0.6 is 0 Å². The lowest BCUT2D eigenvalue weighted by Gasteiger charge is -2.28. The van der Waals surface area contributed by atoms with Gasteiger partial charge in [-0.05, 0) is 18.2 Å². The predicted octanol–water partition coefficient (Wildman–Crippen LogP) is 0.214. The molecule has 0 spiro atoms. The zero-order valence-electron chi connectivity index (χ0n) is 13.0. The first-order valence-corrected chi connectivity index (χ1v) is 7.80. The maximum Gasteiger partial charge on any atom is 0.254 e. The Bertz CT molecular complexity index is 545. The van der Waals surface area contributed by atoms with E-state index in [0.717, 1.165) is 0 Å². The molecule has 2 saturated heterocycles. The topological polar surface area (TPSA) is 85.1 Å². The van der Waals surface area contributed by atoms with Crippen LogP contribution in [0.15, 0.2) is 18.2 Å². The van der Waals surface area contributed by atoms with Crippen molar-refractivity contribution >= 4 is 17.5 Å². The monoisotopic (exact) mass is 319 g/mol. The Kier molecular flexibility index (Phi) is 4.78. The SMILES string of the molecule is Nc1cc(C(=O)N2CCOCC2)cc(C(=O)N2CCOCC2)c1. The molecule has 7 heteroatoms. The summed E-state index contributed by atoms with van der Waals surface area (Å²) in [6, 6.07) is 4.87. The van der Waals surface area contributed by atoms with Crippen molar-refractivity contribution in [3.8, 4) is 0 Å². The summed E-state index contributed by atoms with van der Waals surface area (Å²) < 4.78 is 10.5. The molecule has 0 aliphatic carbocycles. The molecule has 0 radical (unpaired) electrons. The van der Waals surface area contributed by atoms with E-state index >= 15 is 0 Å². The van der Waals surface area contributed by atoms with Crippen molar-refractivity contribution in [2.75, 3.05) is 58.3 Å². The average molecular weight is 319 g/mol. The van der Waals surface area contributed by atoms with E-state index in [2.05, 4.69) is 0 Å². The van der Waals surface area contributed by atoms with Gasteiger partial charge < -0.3 is 25.0 Å². The van der Waals surface area contributed by atoms with Crippen LogP contribution in [0.3, 0.4) is 0 Å². The van der Waals surface area contributed by atoms with E-state index in [1.165, 1.54) is 0 Å². The molecule has 23 heavy (non-hydrogen) atoms. The number of benzene rings is 1. The minimum atomic E-state index is -0.114. The lowest BCUT2D eigenvalue weighted by atomic mass is 10.1. The number of rotatable bonds is 2. The van der Waals surface area contributed by atoms with Gasteiger partial charge in [0.05, 0.1) is 26.4 Å². The van der Waals surface area contributed by atoms with E-state index < -0.39 is 0 Å². The van der Waals surface area contributed by atoms with E-state index in [1.807, 2.05) is 0 Å². The lowest BCUT2D eigenvalue weighted by molar-refractivity contribution is 0.0298. The molecule has 1 aromatic carbocycles. The molecule has 2 fully saturated rings. The van der Waals surface area contributed by atoms with E-state index in [0.29, 0.717) is 69.4 Å². The molecule has 2 aliphatic heterocycles. The van der Waals surface area contributed by atoms with Crippen LogP contribution in [0.2, 0.25) is 0 Å². The summed E-state index contributed by atoms with van der Waals surface area (Å²) in [6.07, 6.45) is 0. The van der Waals surface area contributed by atoms with Gasteiger partial charge in [-0.15, -0.1) is 0 Å². The number of carbonyl (C=O) groups is 2. The van der Waals surface area contributed by atoms with Gasteiger partial charge in [0, 0.05) is 43.0 Å². The van der Waals surface area contributed by atoms with E-state index in [4.69, 9.17) is 15.2 Å². The minimum absolute atomic E-state index is 0.114. The second-order valence-corrected chi connectivity index (χ2v) is 5.65. The molecule has 0 aromatic heterocycles. The summed E-state index contributed by atoms with van der Waals surface area (Å²) in [4.78, 5) is 28.6. The molecule has 2 heterocycles. The Hall–Kier alpha value is -2.12. The largest absolute Gasteiger partial charge is 0.399 e. The van der Waals surface area contributed by atoms with E-state index in [1.54, 1.807) is 28.0 Å². The van der Waals surface area contributed by atoms with Crippen LogP contribution in [0.1, 0.15) is 20.7 Å². The van der Waals surface area contributed by atoms with Gasteiger partial charge in [0.15, 0.2) is 0 Å². The Labute approximate surface area is 134 Å². The summed E-state index contributed by atoms with van der Waals surface area (Å²) >= 11 is 0. The molecule has 0 unspecified atom stereocenters. The number of ether oxygens (including phenoxy) is 2. The molecule has 2 amide bonds. The Morgan fingerprint density at radius 1 is 0.783 bits per heavy atom. The molecule has 0 bridgehead atoms. The summed E-state index contributed by atoms with van der Waals surface area (Å²) in [7, 11) is 0. The first kappa shape index (κ1) is 15.8. The number of anilines is 1. The third-order valence-electron chi connectivity index (χ3n) is 4.05. The lowest BCUT2D eigenvalue weighted by Crippen LogP contribution is -2.41. The Balaban J connectivity index is 1.80. The molecule has 1 aromatic rings. The molecule has 124 valence electrons. The maximum atomic E-state index is 12.6. The normalized spacial score (nSPS) is 18.8. The highest BCUT2D eigenvalue weighted by atomic mass is 16.5. The van der Waals surface area contributed by atoms with Crippen molar-refractivity contribution in [1.82, 2.24) is 9.80 Å². The van der Waals surface area contributed by atoms with Crippen molar-refractivity contribution in [2.45, 2.75) is 0 Å². The third-order valence-corrected chi connectivity index (χ3v) is 4.05. The quantitative estimate of drug-likeness (QED) is 0.788. The molecule has 2 N–H and O–H groups in total. The number of hydrogen-bond donors (Lipinski definition) is 1. The number of amides is 2. The standard InChI is InChI=1S/C16H21N3O4/c17-14-10-12(15(20)18-1-5-22-6-2-18)9-13(11-14)16(21)19-3-7-23-8-4-19/h9-11H,1-8,17H2. The second kappa shape index (κ2) is 6.97. The molecular weight excluding hydrogens is 298 g/mol. The Morgan fingerprint density at radius 3 is 1.57 bits per heavy atom. The molecular formula is C16H21N3O4. The van der Waals surface area contributed by atoms with Crippen LogP contribution in [0.5, 0.6) is 0 Å². The number of hydrogen-bond acceptors (Lipinski definition) is 5. The second-order valence-electron chi connectivity index (χ2n) is 5.65. The van der Waals surface area contributed by atoms with Crippen LogP contribution in [-0.2, 0) is 9.47 Å². The zero-order chi connectivity index (χ0) is 16.2. The highest BCUT2D eigenvalue weighted by molar-refractivity contribution is 6.01. The van der Waals surface area contributed by atoms with E-state index in [9.17, 15) is 9.59 Å². The minimum Gasteiger partial charge on any atom is -0.399 e. The molecule has 0 saturated carbocycles. The molecule has 3 rings (SSSR count). The zero-order valence-corrected chi connectivity index (χ0v) is 13.0. The fourth-order valence-electron chi connectivity index (χ4n) is 2.80. The molecule has 2 aliphatic rings. The first-order chi connectivity index (χ1) is 11.1. The average Bonchev–Trinajstić information content (AvgIpc) is 2.61. The van der Waals surface area contributed by atoms with Gasteiger partial charge in [-0.25, -0.2) is 0 Å². The van der Waals surface area contributed by atoms with Crippen molar-refractivity contribution in [3.63, 3.8) is 0 Å². The van der Waals surface area contributed by atoms with Crippen LogP contribution in [-0.4, -0.2) is 74.2 Å². The smallest absolute Gasteiger partial charge is 0.254 e. The van der Waals surface area contributed by atoms with Crippen molar-refractivity contribution in [3.05, 3.63) is 29.3 Å². The van der Waals surface area contributed by atoms with Crippen LogP contribution in [0.25, 0.3) is 0 Å². The van der Waals surface area contributed by atoms with Gasteiger partial charge >= 0.3 is 0 Å². The summed E-state index contributed by atoms with van der Waals surface area (Å²) in [5, 5.41) is 0. The van der Waals surface area contributed by atoms with E-state index in [-0.39, 0.29) is 11.8 Å². The van der Waals surface area contributed by atoms with Crippen LogP contribution in [0.4, 0.5) is 5.69 Å². The molecule has 0 atom stereocenters. The van der Waals surface area contributed by atoms with Gasteiger partial charge in [-0.2, -0.15) is 0 Å². The number of morpholine rings is 2. The fraction of sp³-hybridized carbons (Fsp3) is 0.500. The van der Waals surface area contributed by atoms with Gasteiger partial charge in [0.2, 0.25) is 0 Å². The number of nitrogens with zero attached hydrogens (tertiary/aromatic N) is 2. The fourth-order valence-corrected chi connectivity index (χ4v) is 2.80. The predicted molar refractivity (Wildman–Crippen MR) is 84.3 cm³/mol. The summed E-state index contributed by atoms with van der Waals surface area (Å²) in [6.45, 7) is 4.37. The number of nitrogens with two attached hydrogens (primary N) is 1. The Morgan fingerprint density at radius 2 is 1.17 bits per heavy atom. The van der Waals surface area contributed by atoms with Crippen molar-refractivity contribution < 1.29 is 19.1 Å². The highest BCUT2D eigenvalue weighted by Crippen LogP contribution is 2.17. The van der Waals surface area contributed by atoms with Gasteiger partial charge in [-0.1, -0.05) is 0 Å². The van der Waals surface area contributed by atoms with Crippen molar-refractivity contribution in [1.29, 1.82) is 0 Å². The van der Waals surface area contributed by atoms with Gasteiger partial charge in [0.25, 0.3) is 11.8 Å². The first-order valence-electron chi connectivity index (χ1n) is 7.80. The highest BCUT2D eigenvalue weighted by Gasteiger charge is 2.23. The number of nitrogen functional groups attached to an aromatic ring is 1. The van der Waals surface area contributed by atoms with Gasteiger partial charge in [-0.3, -0.25) is 9.59 Å². The summed E-state index contributed by atoms with van der Waals surface area (Å²) in [5.41, 5.74) is 7.22. The molecule has 7 nitrogen and oxygen atoms in total. The summed E-state index contributed by atoms with van der Waals surface area (Å²) in [5.74, 6) is -0.228. The van der Waals surface area contributed by atoms with Gasteiger partial charge in [0.1, 0.15) is 0 Å². The third kappa shape index (κ3) is 3.62. The van der Waals surface area contributed by atoms with Crippen LogP contribution in [0, 0.1) is 0 Å². The van der Waals surface area contributed by atoms with Crippen LogP contribution < -0.4 is 5.73 Å².